The van der Waals surface area contributed by atoms with Crippen molar-refractivity contribution in [3.8, 4) is 5.75 Å². The molecule has 0 fully saturated rings. The minimum atomic E-state index is -4.88. The van der Waals surface area contributed by atoms with Gasteiger partial charge in [0.15, 0.2) is 0 Å². The summed E-state index contributed by atoms with van der Waals surface area (Å²) in [7, 11) is 0. The van der Waals surface area contributed by atoms with Crippen LogP contribution in [0.4, 0.5) is 22.0 Å². The molecule has 0 aliphatic heterocycles. The fourth-order valence-corrected chi connectivity index (χ4v) is 2.01. The second-order valence-electron chi connectivity index (χ2n) is 3.31. The Balaban J connectivity index is 3.50. The number of aromatic carboxylic acids is 1. The molecule has 3 nitrogen and oxygen atoms in total. The van der Waals surface area contributed by atoms with Crippen molar-refractivity contribution >= 4 is 21.9 Å². The van der Waals surface area contributed by atoms with Crippen molar-refractivity contribution in [2.24, 2.45) is 0 Å². The van der Waals surface area contributed by atoms with Crippen LogP contribution in [0, 0.1) is 0 Å². The van der Waals surface area contributed by atoms with Gasteiger partial charge in [-0.15, -0.1) is 0 Å². The second-order valence-corrected chi connectivity index (χ2v) is 3.87. The quantitative estimate of drug-likeness (QED) is 0.663. The van der Waals surface area contributed by atoms with E-state index in [-0.39, 0.29) is 0 Å². The molecular formula is C10H6BrF5O3. The third-order valence-corrected chi connectivity index (χ3v) is 2.68. The number of benzene rings is 1. The van der Waals surface area contributed by atoms with Crippen LogP contribution in [-0.4, -0.2) is 17.7 Å². The van der Waals surface area contributed by atoms with Crippen molar-refractivity contribution in [1.29, 1.82) is 0 Å². The minimum Gasteiger partial charge on any atom is -0.478 e. The van der Waals surface area contributed by atoms with E-state index in [2.05, 4.69) is 20.7 Å². The van der Waals surface area contributed by atoms with E-state index in [9.17, 15) is 26.7 Å². The van der Waals surface area contributed by atoms with E-state index in [0.717, 1.165) is 0 Å². The van der Waals surface area contributed by atoms with Gasteiger partial charge >= 0.3 is 18.8 Å². The zero-order valence-corrected chi connectivity index (χ0v) is 10.6. The van der Waals surface area contributed by atoms with Crippen molar-refractivity contribution < 1.29 is 36.6 Å². The Labute approximate surface area is 112 Å². The molecular weight excluding hydrogens is 343 g/mol. The molecule has 0 radical (unpaired) electrons. The Bertz CT molecular complexity index is 487. The van der Waals surface area contributed by atoms with Gasteiger partial charge in [-0.2, -0.15) is 22.0 Å². The van der Waals surface area contributed by atoms with Crippen LogP contribution in [-0.2, 0) is 11.5 Å². The minimum absolute atomic E-state index is 0.342. The number of carboxylic acids is 1. The highest BCUT2D eigenvalue weighted by Crippen LogP contribution is 2.37. The van der Waals surface area contributed by atoms with Gasteiger partial charge in [-0.05, 0) is 17.7 Å². The number of ether oxygens (including phenoxy) is 1. The van der Waals surface area contributed by atoms with Gasteiger partial charge in [0.1, 0.15) is 5.75 Å². The highest BCUT2D eigenvalue weighted by Gasteiger charge is 2.36. The Kier molecular flexibility index (Phi) is 4.72. The maximum Gasteiger partial charge on any atom is 0.416 e. The van der Waals surface area contributed by atoms with Gasteiger partial charge in [-0.1, -0.05) is 15.9 Å². The van der Waals surface area contributed by atoms with Crippen molar-refractivity contribution in [1.82, 2.24) is 0 Å². The number of carboxylic acid groups (broad SMARTS) is 1. The molecule has 0 spiro atoms. The molecule has 0 aromatic heterocycles. The first kappa shape index (κ1) is 15.7. The van der Waals surface area contributed by atoms with Crippen LogP contribution in [0.1, 0.15) is 21.5 Å². The lowest BCUT2D eigenvalue weighted by Gasteiger charge is -2.16. The van der Waals surface area contributed by atoms with Crippen molar-refractivity contribution in [3.05, 3.63) is 28.8 Å². The van der Waals surface area contributed by atoms with Crippen molar-refractivity contribution in [2.75, 3.05) is 0 Å². The fourth-order valence-electron chi connectivity index (χ4n) is 1.40. The van der Waals surface area contributed by atoms with E-state index in [0.29, 0.717) is 12.1 Å². The molecule has 1 rings (SSSR count). The van der Waals surface area contributed by atoms with Gasteiger partial charge in [0.25, 0.3) is 0 Å². The largest absolute Gasteiger partial charge is 0.478 e. The van der Waals surface area contributed by atoms with Crippen LogP contribution in [0.15, 0.2) is 12.1 Å². The van der Waals surface area contributed by atoms with E-state index in [1.165, 1.54) is 0 Å². The predicted molar refractivity (Wildman–Crippen MR) is 57.7 cm³/mol. The average Bonchev–Trinajstić information content (AvgIpc) is 2.25. The summed E-state index contributed by atoms with van der Waals surface area (Å²) in [4.78, 5) is 10.9. The van der Waals surface area contributed by atoms with E-state index >= 15 is 0 Å². The number of rotatable bonds is 4. The number of hydrogen-bond donors (Lipinski definition) is 1. The molecule has 0 aliphatic rings. The summed E-state index contributed by atoms with van der Waals surface area (Å²) in [6.45, 7) is -3.35. The molecule has 0 aliphatic carbocycles. The monoisotopic (exact) mass is 348 g/mol. The van der Waals surface area contributed by atoms with Crippen LogP contribution >= 0.6 is 15.9 Å². The molecule has 0 saturated carbocycles. The van der Waals surface area contributed by atoms with Crippen molar-refractivity contribution in [2.45, 2.75) is 18.1 Å². The van der Waals surface area contributed by atoms with Gasteiger partial charge in [0.2, 0.25) is 0 Å². The molecule has 0 atom stereocenters. The maximum absolute atomic E-state index is 12.7. The van der Waals surface area contributed by atoms with Gasteiger partial charge in [-0.25, -0.2) is 4.79 Å². The predicted octanol–water partition coefficient (Wildman–Crippen LogP) is 3.90. The lowest BCUT2D eigenvalue weighted by Crippen LogP contribution is -2.14. The van der Waals surface area contributed by atoms with Crippen molar-refractivity contribution in [3.63, 3.8) is 0 Å². The first-order chi connectivity index (χ1) is 8.66. The van der Waals surface area contributed by atoms with Gasteiger partial charge in [0.05, 0.1) is 11.1 Å². The summed E-state index contributed by atoms with van der Waals surface area (Å²) in [5.74, 6) is -2.52. The lowest BCUT2D eigenvalue weighted by molar-refractivity contribution is -0.138. The number of hydrogen-bond acceptors (Lipinski definition) is 2. The third kappa shape index (κ3) is 3.79. The van der Waals surface area contributed by atoms with Crippen LogP contribution in [0.3, 0.4) is 0 Å². The SMILES string of the molecule is O=C(O)c1cc(OC(F)F)cc(C(F)(F)F)c1CBr. The summed E-state index contributed by atoms with van der Waals surface area (Å²) in [5.41, 5.74) is -2.64. The smallest absolute Gasteiger partial charge is 0.416 e. The van der Waals surface area contributed by atoms with Crippen LogP contribution in [0.5, 0.6) is 5.75 Å². The summed E-state index contributed by atoms with van der Waals surface area (Å²) in [6, 6.07) is 0.968. The van der Waals surface area contributed by atoms with E-state index in [1.54, 1.807) is 0 Å². The number of halogens is 6. The molecule has 9 heteroatoms. The Morgan fingerprint density at radius 3 is 2.32 bits per heavy atom. The summed E-state index contributed by atoms with van der Waals surface area (Å²) in [5, 5.41) is 8.42. The molecule has 0 amide bonds. The second kappa shape index (κ2) is 5.72. The molecule has 19 heavy (non-hydrogen) atoms. The van der Waals surface area contributed by atoms with Crippen LogP contribution < -0.4 is 4.74 Å². The zero-order chi connectivity index (χ0) is 14.8. The van der Waals surface area contributed by atoms with E-state index in [4.69, 9.17) is 5.11 Å². The maximum atomic E-state index is 12.7. The molecule has 0 unspecified atom stereocenters. The summed E-state index contributed by atoms with van der Waals surface area (Å²) < 4.78 is 66.1. The van der Waals surface area contributed by atoms with E-state index < -0.39 is 46.5 Å². The Morgan fingerprint density at radius 2 is 1.95 bits per heavy atom. The Hall–Kier alpha value is -1.38. The lowest BCUT2D eigenvalue weighted by atomic mass is 10.0. The highest BCUT2D eigenvalue weighted by molar-refractivity contribution is 9.08. The molecule has 1 aromatic rings. The first-order valence-electron chi connectivity index (χ1n) is 4.65. The molecule has 0 bridgehead atoms. The Morgan fingerprint density at radius 1 is 1.37 bits per heavy atom. The molecule has 1 N–H and O–H groups in total. The molecule has 0 saturated heterocycles. The summed E-state index contributed by atoms with van der Waals surface area (Å²) >= 11 is 2.74. The fraction of sp³-hybridized carbons (Fsp3) is 0.300. The standard InChI is InChI=1S/C10H6BrF5O3/c11-3-6-5(8(17)18)1-4(19-9(12)13)2-7(6)10(14,15)16/h1-2,9H,3H2,(H,17,18). The molecule has 0 heterocycles. The summed E-state index contributed by atoms with van der Waals surface area (Å²) in [6.07, 6.45) is -4.88. The van der Waals surface area contributed by atoms with Crippen LogP contribution in [0.25, 0.3) is 0 Å². The molecule has 106 valence electrons. The topological polar surface area (TPSA) is 46.5 Å². The first-order valence-corrected chi connectivity index (χ1v) is 5.77. The van der Waals surface area contributed by atoms with E-state index in [1.807, 2.05) is 0 Å². The zero-order valence-electron chi connectivity index (χ0n) is 8.97. The molecule has 1 aromatic carbocycles. The van der Waals surface area contributed by atoms with Gasteiger partial charge in [-0.3, -0.25) is 0 Å². The highest BCUT2D eigenvalue weighted by atomic mass is 79.9. The third-order valence-electron chi connectivity index (χ3n) is 2.12. The number of carbonyl (C=O) groups is 1. The normalized spacial score (nSPS) is 11.7. The average molecular weight is 349 g/mol. The van der Waals surface area contributed by atoms with Gasteiger partial charge in [0, 0.05) is 5.33 Å². The van der Waals surface area contributed by atoms with Crippen LogP contribution in [0.2, 0.25) is 0 Å². The van der Waals surface area contributed by atoms with Gasteiger partial charge < -0.3 is 9.84 Å². The number of alkyl halides is 6.